The van der Waals surface area contributed by atoms with Gasteiger partial charge in [-0.25, -0.2) is 19.4 Å². The lowest BCUT2D eigenvalue weighted by Crippen LogP contribution is -2.30. The molecular formula is C21H21N3O7S. The van der Waals surface area contributed by atoms with Crippen LogP contribution in [-0.2, 0) is 19.0 Å². The molecule has 2 heterocycles. The number of hydrogen-bond donors (Lipinski definition) is 2. The Morgan fingerprint density at radius 3 is 2.62 bits per heavy atom. The quantitative estimate of drug-likeness (QED) is 0.406. The monoisotopic (exact) mass is 459 g/mol. The van der Waals surface area contributed by atoms with Crippen LogP contribution in [0.3, 0.4) is 0 Å². The van der Waals surface area contributed by atoms with Crippen molar-refractivity contribution in [1.29, 1.82) is 0 Å². The number of ether oxygens (including phenoxy) is 3. The molecule has 0 aliphatic heterocycles. The summed E-state index contributed by atoms with van der Waals surface area (Å²) in [6, 6.07) is 4.76. The van der Waals surface area contributed by atoms with Gasteiger partial charge in [-0.2, -0.15) is 0 Å². The lowest BCUT2D eigenvalue weighted by atomic mass is 10.1. The van der Waals surface area contributed by atoms with Gasteiger partial charge in [0, 0.05) is 0 Å². The van der Waals surface area contributed by atoms with E-state index in [1.54, 1.807) is 32.0 Å². The largest absolute Gasteiger partial charge is 0.465 e. The van der Waals surface area contributed by atoms with Crippen LogP contribution in [0.2, 0.25) is 0 Å². The number of hydrogen-bond acceptors (Lipinski definition) is 9. The average Bonchev–Trinajstić information content (AvgIpc) is 3.36. The second-order valence-corrected chi connectivity index (χ2v) is 7.66. The van der Waals surface area contributed by atoms with E-state index in [4.69, 9.17) is 14.2 Å². The number of thiophene rings is 1. The van der Waals surface area contributed by atoms with E-state index in [-0.39, 0.29) is 27.6 Å². The van der Waals surface area contributed by atoms with Gasteiger partial charge in [-0.05, 0) is 44.5 Å². The van der Waals surface area contributed by atoms with Crippen molar-refractivity contribution in [3.63, 3.8) is 0 Å². The van der Waals surface area contributed by atoms with Crippen molar-refractivity contribution >= 4 is 51.2 Å². The van der Waals surface area contributed by atoms with Gasteiger partial charge in [0.25, 0.3) is 5.91 Å². The van der Waals surface area contributed by atoms with Crippen molar-refractivity contribution in [3.05, 3.63) is 46.1 Å². The van der Waals surface area contributed by atoms with Crippen molar-refractivity contribution in [3.8, 4) is 0 Å². The van der Waals surface area contributed by atoms with Gasteiger partial charge in [-0.1, -0.05) is 0 Å². The number of aromatic amines is 1. The number of aromatic nitrogens is 2. The summed E-state index contributed by atoms with van der Waals surface area (Å²) in [5, 5.41) is 2.64. The molecule has 0 fully saturated rings. The Labute approximate surface area is 186 Å². The Hall–Kier alpha value is -3.73. The standard InChI is InChI=1S/C21H21N3O7S/c1-5-30-21(28)16-10(2)15(20(27)29-4)18(32-16)24-17(25)11(3)31-19(26)12-6-7-13-14(8-12)23-9-22-13/h6-9,11H,5H2,1-4H3,(H,22,23)(H,24,25). The van der Waals surface area contributed by atoms with E-state index in [1.165, 1.54) is 20.4 Å². The number of benzene rings is 1. The minimum Gasteiger partial charge on any atom is -0.465 e. The summed E-state index contributed by atoms with van der Waals surface area (Å²) in [5.74, 6) is -2.72. The number of carbonyl (C=O) groups excluding carboxylic acids is 4. The third-order valence-electron chi connectivity index (χ3n) is 4.54. The maximum Gasteiger partial charge on any atom is 0.348 e. The van der Waals surface area contributed by atoms with E-state index in [2.05, 4.69) is 15.3 Å². The fourth-order valence-corrected chi connectivity index (χ4v) is 3.99. The fourth-order valence-electron chi connectivity index (χ4n) is 2.90. The van der Waals surface area contributed by atoms with Crippen molar-refractivity contribution in [2.45, 2.75) is 26.9 Å². The highest BCUT2D eigenvalue weighted by Gasteiger charge is 2.28. The normalized spacial score (nSPS) is 11.6. The summed E-state index contributed by atoms with van der Waals surface area (Å²) in [5.41, 5.74) is 1.95. The molecule has 0 radical (unpaired) electrons. The number of nitrogens with one attached hydrogen (secondary N) is 2. The Morgan fingerprint density at radius 2 is 1.94 bits per heavy atom. The van der Waals surface area contributed by atoms with E-state index >= 15 is 0 Å². The SMILES string of the molecule is CCOC(=O)c1sc(NC(=O)C(C)OC(=O)c2ccc3nc[nH]c3c2)c(C(=O)OC)c1C. The van der Waals surface area contributed by atoms with Crippen LogP contribution in [0.4, 0.5) is 5.00 Å². The molecule has 2 aromatic heterocycles. The molecule has 0 bridgehead atoms. The summed E-state index contributed by atoms with van der Waals surface area (Å²) in [4.78, 5) is 56.7. The molecule has 10 nitrogen and oxygen atoms in total. The maximum absolute atomic E-state index is 12.7. The van der Waals surface area contributed by atoms with Crippen LogP contribution in [0.15, 0.2) is 24.5 Å². The van der Waals surface area contributed by atoms with Gasteiger partial charge >= 0.3 is 17.9 Å². The number of methoxy groups -OCH3 is 1. The summed E-state index contributed by atoms with van der Waals surface area (Å²) in [6.07, 6.45) is 0.321. The van der Waals surface area contributed by atoms with E-state index in [9.17, 15) is 19.2 Å². The minimum atomic E-state index is -1.18. The van der Waals surface area contributed by atoms with Crippen LogP contribution in [0.1, 0.15) is 49.8 Å². The molecule has 0 aliphatic carbocycles. The lowest BCUT2D eigenvalue weighted by Gasteiger charge is -2.13. The number of rotatable bonds is 7. The molecule has 32 heavy (non-hydrogen) atoms. The number of imidazole rings is 1. The molecule has 1 amide bonds. The fraction of sp³-hybridized carbons (Fsp3) is 0.286. The summed E-state index contributed by atoms with van der Waals surface area (Å²) < 4.78 is 15.0. The highest BCUT2D eigenvalue weighted by molar-refractivity contribution is 7.18. The molecule has 1 aromatic carbocycles. The minimum absolute atomic E-state index is 0.0390. The van der Waals surface area contributed by atoms with E-state index < -0.39 is 29.9 Å². The molecule has 168 valence electrons. The van der Waals surface area contributed by atoms with Crippen LogP contribution in [0.5, 0.6) is 0 Å². The van der Waals surface area contributed by atoms with E-state index in [0.29, 0.717) is 16.6 Å². The molecule has 11 heteroatoms. The van der Waals surface area contributed by atoms with Crippen molar-refractivity contribution in [2.75, 3.05) is 19.0 Å². The van der Waals surface area contributed by atoms with Crippen LogP contribution < -0.4 is 5.32 Å². The van der Waals surface area contributed by atoms with Crippen LogP contribution in [-0.4, -0.2) is 53.6 Å². The molecule has 0 saturated carbocycles. The zero-order valence-electron chi connectivity index (χ0n) is 17.8. The topological polar surface area (TPSA) is 137 Å². The number of esters is 3. The molecule has 0 saturated heterocycles. The first-order valence-corrected chi connectivity index (χ1v) is 10.4. The predicted molar refractivity (Wildman–Crippen MR) is 116 cm³/mol. The second kappa shape index (κ2) is 9.60. The number of carbonyl (C=O) groups is 4. The van der Waals surface area contributed by atoms with Gasteiger partial charge in [-0.15, -0.1) is 11.3 Å². The van der Waals surface area contributed by atoms with Crippen molar-refractivity contribution in [1.82, 2.24) is 9.97 Å². The summed E-state index contributed by atoms with van der Waals surface area (Å²) >= 11 is 0.882. The van der Waals surface area contributed by atoms with Crippen LogP contribution in [0.25, 0.3) is 11.0 Å². The molecule has 3 rings (SSSR count). The van der Waals surface area contributed by atoms with Crippen LogP contribution >= 0.6 is 11.3 Å². The number of H-pyrrole nitrogens is 1. The molecule has 1 atom stereocenters. The maximum atomic E-state index is 12.7. The van der Waals surface area contributed by atoms with Gasteiger partial charge in [-0.3, -0.25) is 4.79 Å². The van der Waals surface area contributed by atoms with Crippen molar-refractivity contribution in [2.24, 2.45) is 0 Å². The smallest absolute Gasteiger partial charge is 0.348 e. The molecule has 3 aromatic rings. The molecule has 0 aliphatic rings. The number of amides is 1. The third kappa shape index (κ3) is 4.62. The first-order chi connectivity index (χ1) is 15.3. The van der Waals surface area contributed by atoms with Crippen molar-refractivity contribution < 1.29 is 33.4 Å². The zero-order chi connectivity index (χ0) is 23.4. The summed E-state index contributed by atoms with van der Waals surface area (Å²) in [6.45, 7) is 4.76. The van der Waals surface area contributed by atoms with Crippen LogP contribution in [0, 0.1) is 6.92 Å². The number of fused-ring (bicyclic) bond motifs is 1. The van der Waals surface area contributed by atoms with E-state index in [1.807, 2.05) is 0 Å². The van der Waals surface area contributed by atoms with E-state index in [0.717, 1.165) is 11.3 Å². The number of nitrogens with zero attached hydrogens (tertiary/aromatic N) is 1. The third-order valence-corrected chi connectivity index (χ3v) is 5.73. The Kier molecular flexibility index (Phi) is 6.89. The zero-order valence-corrected chi connectivity index (χ0v) is 18.6. The highest BCUT2D eigenvalue weighted by Crippen LogP contribution is 2.34. The lowest BCUT2D eigenvalue weighted by molar-refractivity contribution is -0.123. The molecule has 0 spiro atoms. The van der Waals surface area contributed by atoms with Gasteiger partial charge in [0.05, 0.1) is 42.2 Å². The van der Waals surface area contributed by atoms with Gasteiger partial charge in [0.15, 0.2) is 6.10 Å². The average molecular weight is 459 g/mol. The predicted octanol–water partition coefficient (Wildman–Crippen LogP) is 3.08. The molecular weight excluding hydrogens is 438 g/mol. The number of anilines is 1. The summed E-state index contributed by atoms with van der Waals surface area (Å²) in [7, 11) is 1.19. The molecule has 2 N–H and O–H groups in total. The van der Waals surface area contributed by atoms with Gasteiger partial charge in [0.2, 0.25) is 0 Å². The second-order valence-electron chi connectivity index (χ2n) is 6.64. The molecule has 1 unspecified atom stereocenters. The Bertz CT molecular complexity index is 1200. The van der Waals surface area contributed by atoms with Gasteiger partial charge in [0.1, 0.15) is 9.88 Å². The first-order valence-electron chi connectivity index (χ1n) is 9.60. The van der Waals surface area contributed by atoms with Gasteiger partial charge < -0.3 is 24.5 Å². The Balaban J connectivity index is 1.77. The highest BCUT2D eigenvalue weighted by atomic mass is 32.1. The Morgan fingerprint density at radius 1 is 1.19 bits per heavy atom. The first kappa shape index (κ1) is 22.9.